The van der Waals surface area contributed by atoms with Crippen LogP contribution in [0.25, 0.3) is 0 Å². The van der Waals surface area contributed by atoms with Crippen LogP contribution in [-0.2, 0) is 11.2 Å². The van der Waals surface area contributed by atoms with Crippen molar-refractivity contribution in [3.8, 4) is 11.5 Å². The molecule has 0 amide bonds. The molecule has 0 aromatic heterocycles. The lowest BCUT2D eigenvalue weighted by Crippen LogP contribution is -2.14. The number of hydrogen-bond acceptors (Lipinski definition) is 3. The average Bonchev–Trinajstić information content (AvgIpc) is 2.48. The first kappa shape index (κ1) is 15.2. The second-order valence-corrected chi connectivity index (χ2v) is 5.08. The van der Waals surface area contributed by atoms with Gasteiger partial charge in [-0.05, 0) is 47.9 Å². The van der Waals surface area contributed by atoms with E-state index in [1.165, 1.54) is 6.07 Å². The highest BCUT2D eigenvalue weighted by Crippen LogP contribution is 2.29. The van der Waals surface area contributed by atoms with Gasteiger partial charge in [0.15, 0.2) is 0 Å². The van der Waals surface area contributed by atoms with Gasteiger partial charge in [-0.25, -0.2) is 0 Å². The summed E-state index contributed by atoms with van der Waals surface area (Å²) in [5.41, 5.74) is 1.15. The third-order valence-corrected chi connectivity index (χ3v) is 3.52. The summed E-state index contributed by atoms with van der Waals surface area (Å²) >= 11 is 5.89. The molecule has 1 atom stereocenters. The summed E-state index contributed by atoms with van der Waals surface area (Å²) in [4.78, 5) is 11.5. The first-order chi connectivity index (χ1) is 10.0. The molecule has 1 unspecified atom stereocenters. The molecule has 0 fully saturated rings. The van der Waals surface area contributed by atoms with Gasteiger partial charge in [-0.1, -0.05) is 23.7 Å². The minimum Gasteiger partial charge on any atom is -0.508 e. The van der Waals surface area contributed by atoms with Gasteiger partial charge in [0.2, 0.25) is 0 Å². The van der Waals surface area contributed by atoms with Crippen molar-refractivity contribution in [2.24, 2.45) is 0 Å². The number of benzene rings is 2. The average molecular weight is 307 g/mol. The lowest BCUT2D eigenvalue weighted by Gasteiger charge is -2.14. The van der Waals surface area contributed by atoms with Crippen LogP contribution in [-0.4, -0.2) is 23.3 Å². The van der Waals surface area contributed by atoms with Gasteiger partial charge in [0.1, 0.15) is 11.5 Å². The molecular weight excluding hydrogens is 292 g/mol. The Labute approximate surface area is 127 Å². The Bertz CT molecular complexity index is 637. The fourth-order valence-corrected chi connectivity index (χ4v) is 2.32. The second kappa shape index (κ2) is 6.50. The van der Waals surface area contributed by atoms with Crippen LogP contribution in [0.4, 0.5) is 0 Å². The summed E-state index contributed by atoms with van der Waals surface area (Å²) in [6.07, 6.45) is 0.161. The smallest absolute Gasteiger partial charge is 0.311 e. The van der Waals surface area contributed by atoms with E-state index < -0.39 is 11.9 Å². The molecule has 2 rings (SSSR count). The van der Waals surface area contributed by atoms with E-state index in [4.69, 9.17) is 16.3 Å². The Morgan fingerprint density at radius 3 is 2.48 bits per heavy atom. The molecule has 21 heavy (non-hydrogen) atoms. The maximum Gasteiger partial charge on any atom is 0.311 e. The zero-order valence-corrected chi connectivity index (χ0v) is 12.2. The van der Waals surface area contributed by atoms with Crippen molar-refractivity contribution < 1.29 is 19.7 Å². The lowest BCUT2D eigenvalue weighted by atomic mass is 9.91. The number of carbonyl (C=O) groups is 1. The third kappa shape index (κ3) is 3.67. The lowest BCUT2D eigenvalue weighted by molar-refractivity contribution is -0.138. The highest BCUT2D eigenvalue weighted by atomic mass is 35.5. The molecule has 0 saturated heterocycles. The van der Waals surface area contributed by atoms with Crippen LogP contribution in [0.1, 0.15) is 17.0 Å². The van der Waals surface area contributed by atoms with E-state index in [1.54, 1.807) is 43.5 Å². The summed E-state index contributed by atoms with van der Waals surface area (Å²) in [7, 11) is 1.55. The molecule has 0 saturated carbocycles. The maximum atomic E-state index is 11.5. The van der Waals surface area contributed by atoms with Crippen LogP contribution < -0.4 is 4.74 Å². The van der Waals surface area contributed by atoms with E-state index >= 15 is 0 Å². The largest absolute Gasteiger partial charge is 0.508 e. The third-order valence-electron chi connectivity index (χ3n) is 3.28. The predicted octanol–water partition coefficient (Wildman–Crippen LogP) is 3.47. The van der Waals surface area contributed by atoms with Gasteiger partial charge < -0.3 is 14.9 Å². The van der Waals surface area contributed by atoms with Crippen molar-refractivity contribution in [2.45, 2.75) is 12.3 Å². The van der Waals surface area contributed by atoms with Crippen LogP contribution in [0.5, 0.6) is 11.5 Å². The Morgan fingerprint density at radius 1 is 1.24 bits per heavy atom. The molecular formula is C16H15ClO4. The number of hydrogen-bond donors (Lipinski definition) is 2. The number of carboxylic acids is 1. The number of halogens is 1. The summed E-state index contributed by atoms with van der Waals surface area (Å²) in [5.74, 6) is -1.02. The molecule has 2 aromatic carbocycles. The molecule has 110 valence electrons. The summed E-state index contributed by atoms with van der Waals surface area (Å²) in [6, 6.07) is 11.4. The van der Waals surface area contributed by atoms with Crippen molar-refractivity contribution >= 4 is 17.6 Å². The fourth-order valence-electron chi connectivity index (χ4n) is 2.12. The van der Waals surface area contributed by atoms with Gasteiger partial charge in [-0.2, -0.15) is 0 Å². The Balaban J connectivity index is 2.30. The maximum absolute atomic E-state index is 11.5. The van der Waals surface area contributed by atoms with Crippen molar-refractivity contribution in [1.29, 1.82) is 0 Å². The molecule has 2 N–H and O–H groups in total. The number of ether oxygens (including phenoxy) is 1. The van der Waals surface area contributed by atoms with Crippen LogP contribution >= 0.6 is 11.6 Å². The van der Waals surface area contributed by atoms with E-state index in [9.17, 15) is 15.0 Å². The topological polar surface area (TPSA) is 66.8 Å². The Morgan fingerprint density at radius 2 is 1.90 bits per heavy atom. The van der Waals surface area contributed by atoms with Gasteiger partial charge in [-0.3, -0.25) is 4.79 Å². The van der Waals surface area contributed by atoms with Gasteiger partial charge in [0, 0.05) is 5.02 Å². The molecule has 0 radical (unpaired) electrons. The van der Waals surface area contributed by atoms with E-state index in [0.29, 0.717) is 21.9 Å². The first-order valence-corrected chi connectivity index (χ1v) is 6.73. The van der Waals surface area contributed by atoms with Crippen LogP contribution in [0.15, 0.2) is 42.5 Å². The molecule has 0 aliphatic carbocycles. The molecule has 0 spiro atoms. The number of methoxy groups -OCH3 is 1. The van der Waals surface area contributed by atoms with E-state index in [2.05, 4.69) is 0 Å². The molecule has 0 aliphatic heterocycles. The summed E-state index contributed by atoms with van der Waals surface area (Å²) < 4.78 is 5.06. The number of carboxylic acid groups (broad SMARTS) is 1. The molecule has 5 heteroatoms. The van der Waals surface area contributed by atoms with Gasteiger partial charge in [0.05, 0.1) is 13.0 Å². The highest BCUT2D eigenvalue weighted by molar-refractivity contribution is 6.30. The number of aromatic hydroxyl groups is 1. The summed E-state index contributed by atoms with van der Waals surface area (Å²) in [5, 5.41) is 19.7. The number of phenolic OH excluding ortho intramolecular Hbond substituents is 1. The Kier molecular flexibility index (Phi) is 4.70. The first-order valence-electron chi connectivity index (χ1n) is 6.35. The predicted molar refractivity (Wildman–Crippen MR) is 80.2 cm³/mol. The monoisotopic (exact) mass is 306 g/mol. The van der Waals surface area contributed by atoms with Crippen LogP contribution in [0, 0.1) is 0 Å². The molecule has 4 nitrogen and oxygen atoms in total. The van der Waals surface area contributed by atoms with Crippen LogP contribution in [0.3, 0.4) is 0 Å². The van der Waals surface area contributed by atoms with Crippen LogP contribution in [0.2, 0.25) is 5.02 Å². The second-order valence-electron chi connectivity index (χ2n) is 4.64. The van der Waals surface area contributed by atoms with E-state index in [0.717, 1.165) is 0 Å². The standard InChI is InChI=1S/C16H15ClO4/c1-21-13-5-2-10(3-6-13)14(16(19)20)9-11-8-12(17)4-7-15(11)18/h2-8,14,18H,9H2,1H3,(H,19,20). The zero-order chi connectivity index (χ0) is 15.4. The van der Waals surface area contributed by atoms with Gasteiger partial charge in [0.25, 0.3) is 0 Å². The van der Waals surface area contributed by atoms with Gasteiger partial charge in [-0.15, -0.1) is 0 Å². The van der Waals surface area contributed by atoms with Gasteiger partial charge >= 0.3 is 5.97 Å². The van der Waals surface area contributed by atoms with Crippen molar-refractivity contribution in [2.75, 3.05) is 7.11 Å². The SMILES string of the molecule is COc1ccc(C(Cc2cc(Cl)ccc2O)C(=O)O)cc1. The normalized spacial score (nSPS) is 11.9. The minimum absolute atomic E-state index is 0.0409. The minimum atomic E-state index is -0.959. The highest BCUT2D eigenvalue weighted by Gasteiger charge is 2.22. The van der Waals surface area contributed by atoms with Crippen molar-refractivity contribution in [1.82, 2.24) is 0 Å². The van der Waals surface area contributed by atoms with Crippen molar-refractivity contribution in [3.63, 3.8) is 0 Å². The Hall–Kier alpha value is -2.20. The molecule has 0 heterocycles. The summed E-state index contributed by atoms with van der Waals surface area (Å²) in [6.45, 7) is 0. The van der Waals surface area contributed by atoms with Crippen molar-refractivity contribution in [3.05, 3.63) is 58.6 Å². The molecule has 0 bridgehead atoms. The van der Waals surface area contributed by atoms with E-state index in [-0.39, 0.29) is 12.2 Å². The fraction of sp³-hybridized carbons (Fsp3) is 0.188. The molecule has 2 aromatic rings. The number of rotatable bonds is 5. The number of aliphatic carboxylic acids is 1. The molecule has 0 aliphatic rings. The quantitative estimate of drug-likeness (QED) is 0.887. The number of phenols is 1. The van der Waals surface area contributed by atoms with E-state index in [1.807, 2.05) is 0 Å². The zero-order valence-electron chi connectivity index (χ0n) is 11.4.